The third-order valence-electron chi connectivity index (χ3n) is 5.22. The number of carbonyl (C=O) groups excluding carboxylic acids is 2. The first-order valence-electron chi connectivity index (χ1n) is 10.2. The SMILES string of the molecule is Cc1ccc2c(c1)N(CCC(=O)NCCc1nc3ccccc3[nH]1)C(=O)C(C)(C)O2. The minimum atomic E-state index is -0.958. The van der Waals surface area contributed by atoms with Crippen molar-refractivity contribution in [3.63, 3.8) is 0 Å². The van der Waals surface area contributed by atoms with Gasteiger partial charge < -0.3 is 19.9 Å². The maximum atomic E-state index is 12.9. The first-order chi connectivity index (χ1) is 14.3. The Kier molecular flexibility index (Phi) is 5.20. The Hall–Kier alpha value is -3.35. The molecule has 7 nitrogen and oxygen atoms in total. The van der Waals surface area contributed by atoms with Gasteiger partial charge in [-0.25, -0.2) is 4.98 Å². The number of imidazole rings is 1. The number of benzene rings is 2. The van der Waals surface area contributed by atoms with E-state index >= 15 is 0 Å². The lowest BCUT2D eigenvalue weighted by molar-refractivity contribution is -0.132. The number of aryl methyl sites for hydroxylation is 1. The maximum Gasteiger partial charge on any atom is 0.270 e. The minimum Gasteiger partial charge on any atom is -0.476 e. The zero-order valence-corrected chi connectivity index (χ0v) is 17.5. The number of nitrogens with zero attached hydrogens (tertiary/aromatic N) is 2. The lowest BCUT2D eigenvalue weighted by atomic mass is 10.0. The number of fused-ring (bicyclic) bond motifs is 2. The largest absolute Gasteiger partial charge is 0.476 e. The molecule has 0 atom stereocenters. The second-order valence-corrected chi connectivity index (χ2v) is 8.09. The van der Waals surface area contributed by atoms with Crippen LogP contribution in [0, 0.1) is 6.92 Å². The Balaban J connectivity index is 1.35. The number of amides is 2. The van der Waals surface area contributed by atoms with E-state index in [9.17, 15) is 9.59 Å². The standard InChI is InChI=1S/C23H26N4O3/c1-15-8-9-19-18(14-15)27(22(29)23(2,3)30-19)13-11-21(28)24-12-10-20-25-16-6-4-5-7-17(16)26-20/h4-9,14H,10-13H2,1-3H3,(H,24,28)(H,25,26). The van der Waals surface area contributed by atoms with Gasteiger partial charge in [0.15, 0.2) is 5.60 Å². The highest BCUT2D eigenvalue weighted by Gasteiger charge is 2.40. The van der Waals surface area contributed by atoms with Crippen molar-refractivity contribution in [2.45, 2.75) is 39.2 Å². The number of aromatic nitrogens is 2. The second kappa shape index (κ2) is 7.82. The molecule has 0 saturated heterocycles. The molecule has 0 bridgehead atoms. The van der Waals surface area contributed by atoms with Gasteiger partial charge in [-0.1, -0.05) is 18.2 Å². The molecule has 4 rings (SSSR count). The molecule has 156 valence electrons. The number of para-hydroxylation sites is 2. The summed E-state index contributed by atoms with van der Waals surface area (Å²) in [7, 11) is 0. The lowest BCUT2D eigenvalue weighted by Crippen LogP contribution is -2.53. The van der Waals surface area contributed by atoms with E-state index in [4.69, 9.17) is 4.74 Å². The Bertz CT molecular complexity index is 1070. The molecule has 3 aromatic rings. The fraction of sp³-hybridized carbons (Fsp3) is 0.348. The van der Waals surface area contributed by atoms with Gasteiger partial charge >= 0.3 is 0 Å². The summed E-state index contributed by atoms with van der Waals surface area (Å²) in [6.07, 6.45) is 0.835. The molecule has 0 fully saturated rings. The van der Waals surface area contributed by atoms with E-state index in [-0.39, 0.29) is 18.2 Å². The van der Waals surface area contributed by atoms with Crippen molar-refractivity contribution in [3.05, 3.63) is 53.9 Å². The summed E-state index contributed by atoms with van der Waals surface area (Å²) < 4.78 is 5.86. The Morgan fingerprint density at radius 3 is 2.83 bits per heavy atom. The summed E-state index contributed by atoms with van der Waals surface area (Å²) in [5, 5.41) is 2.92. The van der Waals surface area contributed by atoms with Gasteiger partial charge in [0.05, 0.1) is 16.7 Å². The molecule has 7 heteroatoms. The van der Waals surface area contributed by atoms with Crippen molar-refractivity contribution in [3.8, 4) is 5.75 Å². The molecule has 0 radical (unpaired) electrons. The summed E-state index contributed by atoms with van der Waals surface area (Å²) in [5.41, 5.74) is 2.70. The lowest BCUT2D eigenvalue weighted by Gasteiger charge is -2.38. The molecule has 30 heavy (non-hydrogen) atoms. The monoisotopic (exact) mass is 406 g/mol. The third-order valence-corrected chi connectivity index (χ3v) is 5.22. The number of ether oxygens (including phenoxy) is 1. The van der Waals surface area contributed by atoms with E-state index in [0.717, 1.165) is 28.1 Å². The van der Waals surface area contributed by atoms with Gasteiger partial charge in [0.25, 0.3) is 5.91 Å². The Labute approximate surface area is 175 Å². The molecule has 0 saturated carbocycles. The van der Waals surface area contributed by atoms with E-state index in [0.29, 0.717) is 25.3 Å². The van der Waals surface area contributed by atoms with Crippen LogP contribution in [-0.2, 0) is 16.0 Å². The highest BCUT2D eigenvalue weighted by Crippen LogP contribution is 2.38. The van der Waals surface area contributed by atoms with Crippen LogP contribution in [0.15, 0.2) is 42.5 Å². The summed E-state index contributed by atoms with van der Waals surface area (Å²) in [5.74, 6) is 1.26. The van der Waals surface area contributed by atoms with E-state index in [1.54, 1.807) is 18.7 Å². The molecule has 2 amide bonds. The first kappa shape index (κ1) is 19.9. The highest BCUT2D eigenvalue weighted by molar-refractivity contribution is 6.02. The van der Waals surface area contributed by atoms with Crippen LogP contribution in [0.25, 0.3) is 11.0 Å². The van der Waals surface area contributed by atoms with Crippen LogP contribution in [0.3, 0.4) is 0 Å². The maximum absolute atomic E-state index is 12.9. The fourth-order valence-corrected chi connectivity index (χ4v) is 3.65. The van der Waals surface area contributed by atoms with Crippen LogP contribution in [0.5, 0.6) is 5.75 Å². The molecule has 0 spiro atoms. The zero-order chi connectivity index (χ0) is 21.3. The number of nitrogens with one attached hydrogen (secondary N) is 2. The van der Waals surface area contributed by atoms with E-state index in [1.807, 2.05) is 49.4 Å². The number of hydrogen-bond donors (Lipinski definition) is 2. The average Bonchev–Trinajstić information content (AvgIpc) is 3.11. The van der Waals surface area contributed by atoms with Crippen LogP contribution in [-0.4, -0.2) is 40.5 Å². The zero-order valence-electron chi connectivity index (χ0n) is 17.5. The van der Waals surface area contributed by atoms with Crippen LogP contribution >= 0.6 is 0 Å². The molecule has 2 N–H and O–H groups in total. The summed E-state index contributed by atoms with van der Waals surface area (Å²) in [6.45, 7) is 6.25. The van der Waals surface area contributed by atoms with Crippen molar-refractivity contribution >= 4 is 28.5 Å². The van der Waals surface area contributed by atoms with Crippen LogP contribution < -0.4 is 15.0 Å². The molecule has 0 aliphatic carbocycles. The van der Waals surface area contributed by atoms with Gasteiger partial charge in [-0.05, 0) is 50.6 Å². The van der Waals surface area contributed by atoms with Crippen molar-refractivity contribution in [1.82, 2.24) is 15.3 Å². The number of hydrogen-bond acceptors (Lipinski definition) is 4. The Morgan fingerprint density at radius 2 is 2.03 bits per heavy atom. The number of carbonyl (C=O) groups is 2. The second-order valence-electron chi connectivity index (χ2n) is 8.09. The fourth-order valence-electron chi connectivity index (χ4n) is 3.65. The van der Waals surface area contributed by atoms with Gasteiger partial charge in [0, 0.05) is 25.9 Å². The first-order valence-corrected chi connectivity index (χ1v) is 10.2. The van der Waals surface area contributed by atoms with Gasteiger partial charge in [-0.3, -0.25) is 9.59 Å². The quantitative estimate of drug-likeness (QED) is 0.658. The van der Waals surface area contributed by atoms with Crippen LogP contribution in [0.4, 0.5) is 5.69 Å². The van der Waals surface area contributed by atoms with Crippen LogP contribution in [0.1, 0.15) is 31.7 Å². The van der Waals surface area contributed by atoms with E-state index < -0.39 is 5.60 Å². The number of aromatic amines is 1. The van der Waals surface area contributed by atoms with Crippen LogP contribution in [0.2, 0.25) is 0 Å². The number of rotatable bonds is 6. The van der Waals surface area contributed by atoms with Crippen molar-refractivity contribution in [2.24, 2.45) is 0 Å². The van der Waals surface area contributed by atoms with Gasteiger partial charge in [-0.15, -0.1) is 0 Å². The summed E-state index contributed by atoms with van der Waals surface area (Å²) in [4.78, 5) is 34.7. The minimum absolute atomic E-state index is 0.0996. The smallest absolute Gasteiger partial charge is 0.270 e. The average molecular weight is 406 g/mol. The highest BCUT2D eigenvalue weighted by atomic mass is 16.5. The van der Waals surface area contributed by atoms with Gasteiger partial charge in [0.2, 0.25) is 5.91 Å². The third kappa shape index (κ3) is 4.01. The molecule has 1 aliphatic heterocycles. The van der Waals surface area contributed by atoms with Gasteiger partial charge in [-0.2, -0.15) is 0 Å². The molecular weight excluding hydrogens is 380 g/mol. The Morgan fingerprint density at radius 1 is 1.23 bits per heavy atom. The molecule has 1 aliphatic rings. The van der Waals surface area contributed by atoms with Crippen molar-refractivity contribution in [2.75, 3.05) is 18.0 Å². The molecule has 0 unspecified atom stereocenters. The normalized spacial score (nSPS) is 15.0. The predicted octanol–water partition coefficient (Wildman–Crippen LogP) is 3.12. The number of H-pyrrole nitrogens is 1. The molecule has 2 aromatic carbocycles. The van der Waals surface area contributed by atoms with Crippen molar-refractivity contribution < 1.29 is 14.3 Å². The predicted molar refractivity (Wildman–Crippen MR) is 116 cm³/mol. The number of anilines is 1. The molecule has 1 aromatic heterocycles. The van der Waals surface area contributed by atoms with E-state index in [1.165, 1.54) is 0 Å². The summed E-state index contributed by atoms with van der Waals surface area (Å²) >= 11 is 0. The van der Waals surface area contributed by atoms with Crippen molar-refractivity contribution in [1.29, 1.82) is 0 Å². The summed E-state index contributed by atoms with van der Waals surface area (Å²) in [6, 6.07) is 13.6. The van der Waals surface area contributed by atoms with Gasteiger partial charge in [0.1, 0.15) is 11.6 Å². The molecular formula is C23H26N4O3. The topological polar surface area (TPSA) is 87.3 Å². The van der Waals surface area contributed by atoms with E-state index in [2.05, 4.69) is 15.3 Å². The molecule has 2 heterocycles.